The van der Waals surface area contributed by atoms with Crippen LogP contribution in [-0.4, -0.2) is 11.0 Å². The molecule has 0 unspecified atom stereocenters. The molecule has 0 amide bonds. The van der Waals surface area contributed by atoms with Crippen LogP contribution >= 0.6 is 15.9 Å². The standard InChI is InChI=1S/C9H11BrN2/c1-6-2-9(6)12-8-3-7(10)4-11-5-8/h3-6,9,12H,2H2,1H3/t6-,9-/m1/s1. The fraction of sp³-hybridized carbons (Fsp3) is 0.444. The van der Waals surface area contributed by atoms with Crippen molar-refractivity contribution in [2.24, 2.45) is 5.92 Å². The normalized spacial score (nSPS) is 26.8. The summed E-state index contributed by atoms with van der Waals surface area (Å²) in [5, 5.41) is 3.41. The third-order valence-electron chi connectivity index (χ3n) is 2.17. The number of pyridine rings is 1. The average molecular weight is 227 g/mol. The van der Waals surface area contributed by atoms with Gasteiger partial charge in [-0.05, 0) is 34.3 Å². The lowest BCUT2D eigenvalue weighted by molar-refractivity contribution is 0.928. The summed E-state index contributed by atoms with van der Waals surface area (Å²) in [5.74, 6) is 0.823. The predicted octanol–water partition coefficient (Wildman–Crippen LogP) is 2.66. The van der Waals surface area contributed by atoms with Crippen LogP contribution in [0.1, 0.15) is 13.3 Å². The monoisotopic (exact) mass is 226 g/mol. The van der Waals surface area contributed by atoms with Crippen LogP contribution < -0.4 is 5.32 Å². The Kier molecular flexibility index (Phi) is 2.05. The molecule has 0 spiro atoms. The van der Waals surface area contributed by atoms with Crippen molar-refractivity contribution in [1.29, 1.82) is 0 Å². The van der Waals surface area contributed by atoms with Crippen molar-refractivity contribution >= 4 is 21.6 Å². The van der Waals surface area contributed by atoms with Crippen molar-refractivity contribution in [3.63, 3.8) is 0 Å². The Labute approximate surface area is 80.5 Å². The molecule has 64 valence electrons. The molecule has 2 rings (SSSR count). The Morgan fingerprint density at radius 1 is 1.58 bits per heavy atom. The van der Waals surface area contributed by atoms with Crippen LogP contribution in [0.3, 0.4) is 0 Å². The maximum Gasteiger partial charge on any atom is 0.0540 e. The first kappa shape index (κ1) is 8.05. The highest BCUT2D eigenvalue weighted by molar-refractivity contribution is 9.10. The van der Waals surface area contributed by atoms with E-state index in [1.54, 1.807) is 6.20 Å². The molecule has 2 nitrogen and oxygen atoms in total. The quantitative estimate of drug-likeness (QED) is 0.840. The summed E-state index contributed by atoms with van der Waals surface area (Å²) in [7, 11) is 0. The summed E-state index contributed by atoms with van der Waals surface area (Å²) in [6.45, 7) is 2.25. The first-order valence-corrected chi connectivity index (χ1v) is 4.92. The third-order valence-corrected chi connectivity index (χ3v) is 2.60. The van der Waals surface area contributed by atoms with Crippen molar-refractivity contribution in [2.75, 3.05) is 5.32 Å². The van der Waals surface area contributed by atoms with Crippen LogP contribution in [0.5, 0.6) is 0 Å². The van der Waals surface area contributed by atoms with Gasteiger partial charge in [-0.2, -0.15) is 0 Å². The number of hydrogen-bond acceptors (Lipinski definition) is 2. The second kappa shape index (κ2) is 3.05. The molecule has 0 saturated heterocycles. The summed E-state index contributed by atoms with van der Waals surface area (Å²) in [4.78, 5) is 4.08. The average Bonchev–Trinajstić information content (AvgIpc) is 2.66. The molecule has 1 aliphatic carbocycles. The largest absolute Gasteiger partial charge is 0.381 e. The van der Waals surface area contributed by atoms with Gasteiger partial charge in [-0.25, -0.2) is 0 Å². The van der Waals surface area contributed by atoms with E-state index in [0.717, 1.165) is 16.1 Å². The molecule has 1 N–H and O–H groups in total. The topological polar surface area (TPSA) is 24.9 Å². The van der Waals surface area contributed by atoms with E-state index >= 15 is 0 Å². The molecule has 3 heteroatoms. The van der Waals surface area contributed by atoms with Crippen molar-refractivity contribution in [2.45, 2.75) is 19.4 Å². The van der Waals surface area contributed by atoms with E-state index in [0.29, 0.717) is 6.04 Å². The van der Waals surface area contributed by atoms with E-state index in [1.807, 2.05) is 6.20 Å². The summed E-state index contributed by atoms with van der Waals surface area (Å²) in [6.07, 6.45) is 4.93. The molecule has 1 saturated carbocycles. The Morgan fingerprint density at radius 2 is 2.33 bits per heavy atom. The maximum absolute atomic E-state index is 4.08. The Bertz CT molecular complexity index is 288. The Morgan fingerprint density at radius 3 is 2.92 bits per heavy atom. The van der Waals surface area contributed by atoms with E-state index in [-0.39, 0.29) is 0 Å². The molecule has 1 fully saturated rings. The predicted molar refractivity (Wildman–Crippen MR) is 53.1 cm³/mol. The lowest BCUT2D eigenvalue weighted by Gasteiger charge is -2.03. The smallest absolute Gasteiger partial charge is 0.0540 e. The van der Waals surface area contributed by atoms with Gasteiger partial charge in [0.1, 0.15) is 0 Å². The van der Waals surface area contributed by atoms with Gasteiger partial charge in [0.05, 0.1) is 11.9 Å². The van der Waals surface area contributed by atoms with Crippen molar-refractivity contribution in [1.82, 2.24) is 4.98 Å². The Hall–Kier alpha value is -0.570. The number of hydrogen-bond donors (Lipinski definition) is 1. The molecule has 0 radical (unpaired) electrons. The summed E-state index contributed by atoms with van der Waals surface area (Å²) in [6, 6.07) is 2.72. The molecule has 2 atom stereocenters. The number of rotatable bonds is 2. The molecule has 1 aromatic rings. The molecule has 12 heavy (non-hydrogen) atoms. The highest BCUT2D eigenvalue weighted by Crippen LogP contribution is 2.32. The maximum atomic E-state index is 4.08. The molecule has 1 aromatic heterocycles. The van der Waals surface area contributed by atoms with Crippen molar-refractivity contribution in [3.05, 3.63) is 22.9 Å². The molecule has 0 aliphatic heterocycles. The number of nitrogens with zero attached hydrogens (tertiary/aromatic N) is 1. The number of nitrogens with one attached hydrogen (secondary N) is 1. The molecule has 1 aliphatic rings. The van der Waals surface area contributed by atoms with Crippen LogP contribution in [0.15, 0.2) is 22.9 Å². The highest BCUT2D eigenvalue weighted by atomic mass is 79.9. The number of aromatic nitrogens is 1. The lowest BCUT2D eigenvalue weighted by Crippen LogP contribution is -2.03. The van der Waals surface area contributed by atoms with Crippen LogP contribution in [0.4, 0.5) is 5.69 Å². The van der Waals surface area contributed by atoms with Gasteiger partial charge in [0.25, 0.3) is 0 Å². The zero-order valence-corrected chi connectivity index (χ0v) is 8.51. The van der Waals surface area contributed by atoms with Crippen molar-refractivity contribution < 1.29 is 0 Å². The van der Waals surface area contributed by atoms with Gasteiger partial charge in [0.2, 0.25) is 0 Å². The summed E-state index contributed by atoms with van der Waals surface area (Å²) in [5.41, 5.74) is 1.11. The zero-order valence-electron chi connectivity index (χ0n) is 6.92. The summed E-state index contributed by atoms with van der Waals surface area (Å²) >= 11 is 3.39. The van der Waals surface area contributed by atoms with Crippen LogP contribution in [0, 0.1) is 5.92 Å². The SMILES string of the molecule is C[C@@H]1C[C@H]1Nc1cncc(Br)c1. The zero-order chi connectivity index (χ0) is 8.55. The van der Waals surface area contributed by atoms with Crippen molar-refractivity contribution in [3.8, 4) is 0 Å². The molecule has 0 bridgehead atoms. The van der Waals surface area contributed by atoms with Gasteiger partial charge in [-0.1, -0.05) is 6.92 Å². The van der Waals surface area contributed by atoms with Gasteiger partial charge >= 0.3 is 0 Å². The van der Waals surface area contributed by atoms with E-state index in [9.17, 15) is 0 Å². The van der Waals surface area contributed by atoms with Gasteiger partial charge in [0.15, 0.2) is 0 Å². The fourth-order valence-corrected chi connectivity index (χ4v) is 1.59. The van der Waals surface area contributed by atoms with Gasteiger partial charge in [0, 0.05) is 16.7 Å². The second-order valence-electron chi connectivity index (χ2n) is 3.36. The molecule has 1 heterocycles. The van der Waals surface area contributed by atoms with E-state index in [1.165, 1.54) is 6.42 Å². The van der Waals surface area contributed by atoms with E-state index in [4.69, 9.17) is 0 Å². The van der Waals surface area contributed by atoms with Crippen LogP contribution in [-0.2, 0) is 0 Å². The van der Waals surface area contributed by atoms with Crippen LogP contribution in [0.25, 0.3) is 0 Å². The van der Waals surface area contributed by atoms with Crippen LogP contribution in [0.2, 0.25) is 0 Å². The number of halogens is 1. The lowest BCUT2D eigenvalue weighted by atomic mass is 10.4. The molecular weight excluding hydrogens is 216 g/mol. The summed E-state index contributed by atoms with van der Waals surface area (Å²) < 4.78 is 1.03. The first-order valence-electron chi connectivity index (χ1n) is 4.13. The van der Waals surface area contributed by atoms with E-state index in [2.05, 4.69) is 39.2 Å². The molecule has 0 aromatic carbocycles. The second-order valence-corrected chi connectivity index (χ2v) is 4.27. The minimum Gasteiger partial charge on any atom is -0.381 e. The van der Waals surface area contributed by atoms with E-state index < -0.39 is 0 Å². The van der Waals surface area contributed by atoms with Gasteiger partial charge in [-0.3, -0.25) is 4.98 Å². The Balaban J connectivity index is 2.03. The highest BCUT2D eigenvalue weighted by Gasteiger charge is 2.32. The molecular formula is C9H11BrN2. The third kappa shape index (κ3) is 1.78. The van der Waals surface area contributed by atoms with Gasteiger partial charge in [-0.15, -0.1) is 0 Å². The number of anilines is 1. The van der Waals surface area contributed by atoms with Gasteiger partial charge < -0.3 is 5.32 Å². The fourth-order valence-electron chi connectivity index (χ4n) is 1.23. The minimum absolute atomic E-state index is 0.668. The minimum atomic E-state index is 0.668. The first-order chi connectivity index (χ1) is 5.75.